The maximum absolute atomic E-state index is 12.7. The molecule has 1 rings (SSSR count). The Balaban J connectivity index is 2.34. The predicted octanol–water partition coefficient (Wildman–Crippen LogP) is 1.65. The molecule has 4 nitrogen and oxygen atoms in total. The van der Waals surface area contributed by atoms with Gasteiger partial charge < -0.3 is 10.4 Å². The Bertz CT molecular complexity index is 510. The molecule has 106 valence electrons. The minimum Gasteiger partial charge on any atom is -0.480 e. The first-order valence-corrected chi connectivity index (χ1v) is 6.96. The zero-order chi connectivity index (χ0) is 15.0. The molecule has 1 aromatic rings. The number of benzene rings is 1. The number of aliphatic carboxylic acids is 1. The van der Waals surface area contributed by atoms with E-state index in [-0.39, 0.29) is 23.9 Å². The molecule has 0 bridgehead atoms. The molecule has 0 fully saturated rings. The SMILES string of the molecule is C#CCC(NC(=O)CSCc1ccc(F)cc1)C(=O)O. The molecule has 1 atom stereocenters. The third-order valence-electron chi connectivity index (χ3n) is 2.37. The van der Waals surface area contributed by atoms with Crippen LogP contribution in [0, 0.1) is 18.2 Å². The highest BCUT2D eigenvalue weighted by Gasteiger charge is 2.18. The maximum Gasteiger partial charge on any atom is 0.327 e. The van der Waals surface area contributed by atoms with Crippen molar-refractivity contribution >= 4 is 23.6 Å². The molecule has 0 heterocycles. The lowest BCUT2D eigenvalue weighted by Crippen LogP contribution is -2.41. The second-order valence-electron chi connectivity index (χ2n) is 3.99. The van der Waals surface area contributed by atoms with Gasteiger partial charge in [0.2, 0.25) is 5.91 Å². The molecular formula is C14H14FNO3S. The molecule has 1 aromatic carbocycles. The average Bonchev–Trinajstić information content (AvgIpc) is 2.40. The molecule has 0 saturated heterocycles. The van der Waals surface area contributed by atoms with Crippen molar-refractivity contribution in [3.05, 3.63) is 35.6 Å². The van der Waals surface area contributed by atoms with E-state index in [0.717, 1.165) is 5.56 Å². The van der Waals surface area contributed by atoms with E-state index in [4.69, 9.17) is 11.5 Å². The third-order valence-corrected chi connectivity index (χ3v) is 3.37. The highest BCUT2D eigenvalue weighted by atomic mass is 32.2. The quantitative estimate of drug-likeness (QED) is 0.751. The van der Waals surface area contributed by atoms with Gasteiger partial charge in [-0.15, -0.1) is 24.1 Å². The van der Waals surface area contributed by atoms with E-state index in [1.165, 1.54) is 23.9 Å². The Hall–Kier alpha value is -2.00. The number of hydrogen-bond acceptors (Lipinski definition) is 3. The molecular weight excluding hydrogens is 281 g/mol. The number of carboxylic acids is 1. The van der Waals surface area contributed by atoms with Gasteiger partial charge in [0.05, 0.1) is 5.75 Å². The summed E-state index contributed by atoms with van der Waals surface area (Å²) in [5.41, 5.74) is 0.891. The van der Waals surface area contributed by atoms with Crippen LogP contribution >= 0.6 is 11.8 Å². The molecule has 20 heavy (non-hydrogen) atoms. The lowest BCUT2D eigenvalue weighted by atomic mass is 10.2. The Morgan fingerprint density at radius 1 is 1.40 bits per heavy atom. The molecule has 0 saturated carbocycles. The first kappa shape index (κ1) is 16.1. The summed E-state index contributed by atoms with van der Waals surface area (Å²) in [6.07, 6.45) is 4.98. The van der Waals surface area contributed by atoms with Gasteiger partial charge >= 0.3 is 5.97 Å². The van der Waals surface area contributed by atoms with Gasteiger partial charge in [-0.05, 0) is 17.7 Å². The molecule has 0 spiro atoms. The summed E-state index contributed by atoms with van der Waals surface area (Å²) in [5.74, 6) is 1.01. The molecule has 2 N–H and O–H groups in total. The fourth-order valence-corrected chi connectivity index (χ4v) is 2.20. The standard InChI is InChI=1S/C14H14FNO3S/c1-2-3-12(14(18)19)16-13(17)9-20-8-10-4-6-11(15)7-5-10/h1,4-7,12H,3,8-9H2,(H,16,17)(H,18,19). The van der Waals surface area contributed by atoms with Crippen molar-refractivity contribution in [1.82, 2.24) is 5.32 Å². The van der Waals surface area contributed by atoms with Crippen LogP contribution in [0.1, 0.15) is 12.0 Å². The summed E-state index contributed by atoms with van der Waals surface area (Å²) in [6, 6.07) is 4.92. The molecule has 0 aliphatic heterocycles. The van der Waals surface area contributed by atoms with E-state index in [2.05, 4.69) is 11.2 Å². The highest BCUT2D eigenvalue weighted by Crippen LogP contribution is 2.12. The van der Waals surface area contributed by atoms with Gasteiger partial charge in [-0.2, -0.15) is 0 Å². The van der Waals surface area contributed by atoms with Gasteiger partial charge in [-0.3, -0.25) is 4.79 Å². The number of hydrogen-bond donors (Lipinski definition) is 2. The van der Waals surface area contributed by atoms with Crippen LogP contribution in [-0.2, 0) is 15.3 Å². The normalized spacial score (nSPS) is 11.4. The minimum atomic E-state index is -1.15. The van der Waals surface area contributed by atoms with Crippen molar-refractivity contribution in [3.8, 4) is 12.3 Å². The average molecular weight is 295 g/mol. The van der Waals surface area contributed by atoms with Gasteiger partial charge in [-0.25, -0.2) is 9.18 Å². The largest absolute Gasteiger partial charge is 0.480 e. The van der Waals surface area contributed by atoms with E-state index in [0.29, 0.717) is 5.75 Å². The van der Waals surface area contributed by atoms with Crippen LogP contribution in [0.2, 0.25) is 0 Å². The van der Waals surface area contributed by atoms with Crippen LogP contribution in [0.25, 0.3) is 0 Å². The van der Waals surface area contributed by atoms with E-state index in [1.807, 2.05) is 0 Å². The number of thioether (sulfide) groups is 1. The number of carbonyl (C=O) groups excluding carboxylic acids is 1. The van der Waals surface area contributed by atoms with Gasteiger partial charge in [-0.1, -0.05) is 12.1 Å². The van der Waals surface area contributed by atoms with Gasteiger partial charge in [0.15, 0.2) is 0 Å². The van der Waals surface area contributed by atoms with E-state index < -0.39 is 12.0 Å². The van der Waals surface area contributed by atoms with Crippen molar-refractivity contribution < 1.29 is 19.1 Å². The van der Waals surface area contributed by atoms with Crippen LogP contribution in [0.5, 0.6) is 0 Å². The maximum atomic E-state index is 12.7. The summed E-state index contributed by atoms with van der Waals surface area (Å²) in [4.78, 5) is 22.4. The van der Waals surface area contributed by atoms with E-state index in [9.17, 15) is 14.0 Å². The summed E-state index contributed by atoms with van der Waals surface area (Å²) in [6.45, 7) is 0. The molecule has 0 aromatic heterocycles. The molecule has 0 aliphatic rings. The summed E-state index contributed by atoms with van der Waals surface area (Å²) >= 11 is 1.31. The van der Waals surface area contributed by atoms with Crippen molar-refractivity contribution in [2.45, 2.75) is 18.2 Å². The van der Waals surface area contributed by atoms with Crippen molar-refractivity contribution in [2.24, 2.45) is 0 Å². The number of terminal acetylenes is 1. The third kappa shape index (κ3) is 5.76. The van der Waals surface area contributed by atoms with Crippen LogP contribution in [0.4, 0.5) is 4.39 Å². The van der Waals surface area contributed by atoms with E-state index >= 15 is 0 Å². The molecule has 0 aliphatic carbocycles. The lowest BCUT2D eigenvalue weighted by Gasteiger charge is -2.11. The number of carbonyl (C=O) groups is 2. The first-order chi connectivity index (χ1) is 9.52. The number of halogens is 1. The van der Waals surface area contributed by atoms with Crippen molar-refractivity contribution in [3.63, 3.8) is 0 Å². The van der Waals surface area contributed by atoms with E-state index in [1.54, 1.807) is 12.1 Å². The van der Waals surface area contributed by atoms with Gasteiger partial charge in [0.25, 0.3) is 0 Å². The van der Waals surface area contributed by atoms with Crippen LogP contribution in [-0.4, -0.2) is 28.8 Å². The Kier molecular flexibility index (Phi) is 6.60. The lowest BCUT2D eigenvalue weighted by molar-refractivity contribution is -0.141. The smallest absolute Gasteiger partial charge is 0.327 e. The topological polar surface area (TPSA) is 66.4 Å². The van der Waals surface area contributed by atoms with Crippen LogP contribution in [0.3, 0.4) is 0 Å². The summed E-state index contributed by atoms with van der Waals surface area (Å²) in [7, 11) is 0. The molecule has 1 unspecified atom stereocenters. The van der Waals surface area contributed by atoms with Crippen LogP contribution in [0.15, 0.2) is 24.3 Å². The monoisotopic (exact) mass is 295 g/mol. The fraction of sp³-hybridized carbons (Fsp3) is 0.286. The summed E-state index contributed by atoms with van der Waals surface area (Å²) in [5, 5.41) is 11.2. The number of amides is 1. The predicted molar refractivity (Wildman–Crippen MR) is 75.6 cm³/mol. The van der Waals surface area contributed by atoms with Crippen molar-refractivity contribution in [2.75, 3.05) is 5.75 Å². The second kappa shape index (κ2) is 8.23. The Morgan fingerprint density at radius 3 is 2.60 bits per heavy atom. The Labute approximate surface area is 120 Å². The van der Waals surface area contributed by atoms with Gasteiger partial charge in [0, 0.05) is 12.2 Å². The highest BCUT2D eigenvalue weighted by molar-refractivity contribution is 7.99. The van der Waals surface area contributed by atoms with Gasteiger partial charge in [0.1, 0.15) is 11.9 Å². The number of rotatable bonds is 7. The first-order valence-electron chi connectivity index (χ1n) is 5.80. The molecule has 6 heteroatoms. The minimum absolute atomic E-state index is 0.0519. The van der Waals surface area contributed by atoms with Crippen LogP contribution < -0.4 is 5.32 Å². The molecule has 1 amide bonds. The zero-order valence-electron chi connectivity index (χ0n) is 10.6. The number of carboxylic acid groups (broad SMARTS) is 1. The fourth-order valence-electron chi connectivity index (χ4n) is 1.40. The second-order valence-corrected chi connectivity index (χ2v) is 4.97. The zero-order valence-corrected chi connectivity index (χ0v) is 11.5. The number of nitrogens with one attached hydrogen (secondary N) is 1. The molecule has 0 radical (unpaired) electrons. The summed E-state index contributed by atoms with van der Waals surface area (Å²) < 4.78 is 12.7. The Morgan fingerprint density at radius 2 is 2.05 bits per heavy atom. The van der Waals surface area contributed by atoms with Crippen molar-refractivity contribution in [1.29, 1.82) is 0 Å².